The lowest BCUT2D eigenvalue weighted by atomic mass is 10.1. The Balaban J connectivity index is 1.35. The molecule has 6 nitrogen and oxygen atoms in total. The molecular weight excluding hydrogens is 423 g/mol. The molecule has 1 heterocycles. The number of nitrogens with one attached hydrogen (secondary N) is 2. The molecule has 1 saturated heterocycles. The molecular formula is C23H26F3N3O3. The van der Waals surface area contributed by atoms with Crippen LogP contribution in [0.5, 0.6) is 0 Å². The highest BCUT2D eigenvalue weighted by molar-refractivity contribution is 6.39. The van der Waals surface area contributed by atoms with Crippen LogP contribution in [0.25, 0.3) is 0 Å². The van der Waals surface area contributed by atoms with Gasteiger partial charge in [-0.1, -0.05) is 36.4 Å². The molecule has 2 N–H and O–H groups in total. The maximum absolute atomic E-state index is 12.7. The van der Waals surface area contributed by atoms with Crippen molar-refractivity contribution in [2.45, 2.75) is 25.1 Å². The van der Waals surface area contributed by atoms with Crippen molar-refractivity contribution in [1.29, 1.82) is 0 Å². The average Bonchev–Trinajstić information content (AvgIpc) is 2.79. The number of carbonyl (C=O) groups excluding carboxylic acids is 2. The molecule has 0 aliphatic carbocycles. The van der Waals surface area contributed by atoms with E-state index < -0.39 is 23.6 Å². The van der Waals surface area contributed by atoms with Gasteiger partial charge < -0.3 is 15.4 Å². The lowest BCUT2D eigenvalue weighted by molar-refractivity contribution is -0.137. The minimum atomic E-state index is -4.52. The smallest absolute Gasteiger partial charge is 0.371 e. The van der Waals surface area contributed by atoms with Crippen molar-refractivity contribution in [1.82, 2.24) is 10.2 Å². The van der Waals surface area contributed by atoms with Gasteiger partial charge in [-0.3, -0.25) is 14.5 Å². The van der Waals surface area contributed by atoms with Crippen LogP contribution in [0.15, 0.2) is 54.6 Å². The third-order valence-corrected chi connectivity index (χ3v) is 5.16. The first-order chi connectivity index (χ1) is 15.3. The second-order valence-electron chi connectivity index (χ2n) is 7.57. The first-order valence-electron chi connectivity index (χ1n) is 10.5. The van der Waals surface area contributed by atoms with Crippen molar-refractivity contribution >= 4 is 17.5 Å². The molecule has 0 spiro atoms. The summed E-state index contributed by atoms with van der Waals surface area (Å²) in [5.74, 6) is -1.87. The Morgan fingerprint density at radius 1 is 1.03 bits per heavy atom. The molecule has 1 fully saturated rings. The normalized spacial score (nSPS) is 17.0. The molecule has 2 aromatic carbocycles. The highest BCUT2D eigenvalue weighted by Crippen LogP contribution is 2.30. The first-order valence-corrected chi connectivity index (χ1v) is 10.5. The van der Waals surface area contributed by atoms with Gasteiger partial charge >= 0.3 is 18.0 Å². The molecule has 0 aromatic heterocycles. The molecule has 172 valence electrons. The number of ether oxygens (including phenoxy) is 1. The van der Waals surface area contributed by atoms with E-state index in [1.54, 1.807) is 0 Å². The molecule has 3 rings (SSSR count). The number of unbranched alkanes of at least 4 members (excludes halogenated alkanes) is 1. The molecule has 0 bridgehead atoms. The minimum absolute atomic E-state index is 0.0456. The van der Waals surface area contributed by atoms with Crippen LogP contribution in [0, 0.1) is 0 Å². The van der Waals surface area contributed by atoms with Crippen LogP contribution in [0.4, 0.5) is 18.9 Å². The van der Waals surface area contributed by atoms with Crippen molar-refractivity contribution < 1.29 is 27.5 Å². The van der Waals surface area contributed by atoms with Crippen LogP contribution in [0.3, 0.4) is 0 Å². The maximum Gasteiger partial charge on any atom is 0.416 e. The van der Waals surface area contributed by atoms with Gasteiger partial charge in [-0.15, -0.1) is 0 Å². The second-order valence-corrected chi connectivity index (χ2v) is 7.57. The van der Waals surface area contributed by atoms with Gasteiger partial charge in [0.2, 0.25) is 0 Å². The molecule has 32 heavy (non-hydrogen) atoms. The summed E-state index contributed by atoms with van der Waals surface area (Å²) in [6.07, 6.45) is -2.97. The monoisotopic (exact) mass is 449 g/mol. The van der Waals surface area contributed by atoms with E-state index in [2.05, 4.69) is 15.5 Å². The fourth-order valence-corrected chi connectivity index (χ4v) is 3.48. The van der Waals surface area contributed by atoms with E-state index in [4.69, 9.17) is 4.74 Å². The SMILES string of the molecule is O=C(NCCCCN1CCOC(c2ccccc2)C1)C(=O)Nc1cccc(C(F)(F)F)c1. The molecule has 1 aliphatic rings. The minimum Gasteiger partial charge on any atom is -0.371 e. The Labute approximate surface area is 184 Å². The number of hydrogen-bond donors (Lipinski definition) is 2. The lowest BCUT2D eigenvalue weighted by Gasteiger charge is -2.33. The van der Waals surface area contributed by atoms with Gasteiger partial charge in [-0.05, 0) is 43.1 Å². The van der Waals surface area contributed by atoms with Crippen molar-refractivity contribution in [2.75, 3.05) is 38.1 Å². The van der Waals surface area contributed by atoms with Crippen LogP contribution in [0.2, 0.25) is 0 Å². The maximum atomic E-state index is 12.7. The second kappa shape index (κ2) is 11.1. The third kappa shape index (κ3) is 7.06. The average molecular weight is 449 g/mol. The molecule has 2 amide bonds. The summed E-state index contributed by atoms with van der Waals surface area (Å²) in [5.41, 5.74) is 0.171. The quantitative estimate of drug-likeness (QED) is 0.501. The third-order valence-electron chi connectivity index (χ3n) is 5.16. The molecule has 1 unspecified atom stereocenters. The van der Waals surface area contributed by atoms with Crippen molar-refractivity contribution in [3.8, 4) is 0 Å². The molecule has 9 heteroatoms. The van der Waals surface area contributed by atoms with E-state index in [1.165, 1.54) is 12.1 Å². The summed E-state index contributed by atoms with van der Waals surface area (Å²) in [6, 6.07) is 14.2. The van der Waals surface area contributed by atoms with E-state index in [1.807, 2.05) is 30.3 Å². The molecule has 1 atom stereocenters. The molecule has 0 saturated carbocycles. The van der Waals surface area contributed by atoms with E-state index in [0.717, 1.165) is 43.8 Å². The van der Waals surface area contributed by atoms with Gasteiger partial charge in [0.25, 0.3) is 0 Å². The van der Waals surface area contributed by atoms with E-state index in [-0.39, 0.29) is 11.8 Å². The fourth-order valence-electron chi connectivity index (χ4n) is 3.48. The number of halogens is 3. The summed E-state index contributed by atoms with van der Waals surface area (Å²) < 4.78 is 44.1. The van der Waals surface area contributed by atoms with Crippen LogP contribution in [-0.4, -0.2) is 49.5 Å². The van der Waals surface area contributed by atoms with Gasteiger partial charge in [0.15, 0.2) is 0 Å². The van der Waals surface area contributed by atoms with E-state index in [0.29, 0.717) is 19.6 Å². The van der Waals surface area contributed by atoms with Gasteiger partial charge in [0.05, 0.1) is 18.3 Å². The summed E-state index contributed by atoms with van der Waals surface area (Å²) in [4.78, 5) is 26.2. The van der Waals surface area contributed by atoms with Crippen LogP contribution in [0.1, 0.15) is 30.1 Å². The topological polar surface area (TPSA) is 70.7 Å². The summed E-state index contributed by atoms with van der Waals surface area (Å²) in [7, 11) is 0. The zero-order valence-corrected chi connectivity index (χ0v) is 17.5. The zero-order chi connectivity index (χ0) is 23.0. The predicted molar refractivity (Wildman–Crippen MR) is 114 cm³/mol. The highest BCUT2D eigenvalue weighted by atomic mass is 19.4. The number of anilines is 1. The van der Waals surface area contributed by atoms with Crippen molar-refractivity contribution in [3.05, 3.63) is 65.7 Å². The molecule has 0 radical (unpaired) electrons. The Morgan fingerprint density at radius 2 is 1.81 bits per heavy atom. The van der Waals surface area contributed by atoms with Gasteiger partial charge in [-0.25, -0.2) is 0 Å². The molecule has 1 aliphatic heterocycles. The number of alkyl halides is 3. The Morgan fingerprint density at radius 3 is 2.56 bits per heavy atom. The Bertz CT molecular complexity index is 906. The fraction of sp³-hybridized carbons (Fsp3) is 0.391. The van der Waals surface area contributed by atoms with Crippen molar-refractivity contribution in [2.24, 2.45) is 0 Å². The van der Waals surface area contributed by atoms with Gasteiger partial charge in [0.1, 0.15) is 0 Å². The van der Waals surface area contributed by atoms with Crippen molar-refractivity contribution in [3.63, 3.8) is 0 Å². The van der Waals surface area contributed by atoms with Gasteiger partial charge in [-0.2, -0.15) is 13.2 Å². The number of carbonyl (C=O) groups is 2. The number of amides is 2. The first kappa shape index (κ1) is 23.7. The largest absolute Gasteiger partial charge is 0.416 e. The number of nitrogens with zero attached hydrogens (tertiary/aromatic N) is 1. The summed E-state index contributed by atoms with van der Waals surface area (Å²) in [6.45, 7) is 3.46. The zero-order valence-electron chi connectivity index (χ0n) is 17.5. The standard InChI is InChI=1S/C23H26F3N3O3/c24-23(25,26)18-9-6-10-19(15-18)28-22(31)21(30)27-11-4-5-12-29-13-14-32-20(16-29)17-7-2-1-3-8-17/h1-3,6-10,15,20H,4-5,11-14,16H2,(H,27,30)(H,28,31). The number of rotatable bonds is 7. The van der Waals surface area contributed by atoms with Gasteiger partial charge in [0, 0.05) is 25.3 Å². The Hall–Kier alpha value is -2.91. The number of benzene rings is 2. The molecule has 2 aromatic rings. The highest BCUT2D eigenvalue weighted by Gasteiger charge is 2.30. The van der Waals surface area contributed by atoms with Crippen LogP contribution >= 0.6 is 0 Å². The lowest BCUT2D eigenvalue weighted by Crippen LogP contribution is -2.39. The Kier molecular flexibility index (Phi) is 8.24. The number of morpholine rings is 1. The summed E-state index contributed by atoms with van der Waals surface area (Å²) in [5, 5.41) is 4.70. The predicted octanol–water partition coefficient (Wildman–Crippen LogP) is 3.61. The van der Waals surface area contributed by atoms with Crippen LogP contribution < -0.4 is 10.6 Å². The van der Waals surface area contributed by atoms with E-state index in [9.17, 15) is 22.8 Å². The van der Waals surface area contributed by atoms with E-state index >= 15 is 0 Å². The number of hydrogen-bond acceptors (Lipinski definition) is 4. The van der Waals surface area contributed by atoms with Crippen LogP contribution in [-0.2, 0) is 20.5 Å². The summed E-state index contributed by atoms with van der Waals surface area (Å²) >= 11 is 0.